The molecule has 2 rings (SSSR count). The fraction of sp³-hybridized carbons (Fsp3) is 0.357. The summed E-state index contributed by atoms with van der Waals surface area (Å²) in [5.41, 5.74) is 1.23. The molecule has 0 aromatic heterocycles. The second-order valence-electron chi connectivity index (χ2n) is 4.65. The SMILES string of the molecule is CC(=O)CC1c2ccccc2C=CC1(C)O. The maximum Gasteiger partial charge on any atom is 0.130 e. The van der Waals surface area contributed by atoms with Crippen molar-refractivity contribution in [3.63, 3.8) is 0 Å². The van der Waals surface area contributed by atoms with Crippen LogP contribution in [0, 0.1) is 0 Å². The molecule has 0 aliphatic heterocycles. The molecule has 2 nitrogen and oxygen atoms in total. The molecule has 1 N–H and O–H groups in total. The molecule has 0 heterocycles. The van der Waals surface area contributed by atoms with Gasteiger partial charge in [-0.15, -0.1) is 0 Å². The Hall–Kier alpha value is -1.41. The summed E-state index contributed by atoms with van der Waals surface area (Å²) in [6.45, 7) is 3.32. The van der Waals surface area contributed by atoms with Crippen molar-refractivity contribution in [2.75, 3.05) is 0 Å². The number of rotatable bonds is 2. The van der Waals surface area contributed by atoms with Crippen molar-refractivity contribution >= 4 is 11.9 Å². The molecular weight excluding hydrogens is 200 g/mol. The number of hydrogen-bond donors (Lipinski definition) is 1. The first-order valence-electron chi connectivity index (χ1n) is 5.50. The van der Waals surface area contributed by atoms with Crippen molar-refractivity contribution in [2.24, 2.45) is 0 Å². The molecule has 0 saturated carbocycles. The molecule has 1 aromatic carbocycles. The first-order chi connectivity index (χ1) is 7.50. The van der Waals surface area contributed by atoms with Gasteiger partial charge < -0.3 is 9.90 Å². The van der Waals surface area contributed by atoms with Gasteiger partial charge in [0.1, 0.15) is 5.78 Å². The summed E-state index contributed by atoms with van der Waals surface area (Å²) >= 11 is 0. The van der Waals surface area contributed by atoms with Crippen LogP contribution in [0.3, 0.4) is 0 Å². The summed E-state index contributed by atoms with van der Waals surface area (Å²) in [6.07, 6.45) is 4.09. The van der Waals surface area contributed by atoms with E-state index in [4.69, 9.17) is 0 Å². The van der Waals surface area contributed by atoms with Gasteiger partial charge in [-0.25, -0.2) is 0 Å². The van der Waals surface area contributed by atoms with Crippen LogP contribution in [0.2, 0.25) is 0 Å². The minimum atomic E-state index is -0.931. The second kappa shape index (κ2) is 3.87. The minimum Gasteiger partial charge on any atom is -0.385 e. The number of carbonyl (C=O) groups excluding carboxylic acids is 1. The molecule has 2 heteroatoms. The van der Waals surface area contributed by atoms with Crippen molar-refractivity contribution in [1.29, 1.82) is 0 Å². The highest BCUT2D eigenvalue weighted by atomic mass is 16.3. The molecule has 2 atom stereocenters. The minimum absolute atomic E-state index is 0.107. The van der Waals surface area contributed by atoms with Gasteiger partial charge in [0.25, 0.3) is 0 Å². The topological polar surface area (TPSA) is 37.3 Å². The number of carbonyl (C=O) groups is 1. The van der Waals surface area contributed by atoms with Crippen LogP contribution in [0.15, 0.2) is 30.3 Å². The first kappa shape index (κ1) is 11.1. The van der Waals surface area contributed by atoms with Crippen LogP contribution in [-0.2, 0) is 4.79 Å². The smallest absolute Gasteiger partial charge is 0.130 e. The van der Waals surface area contributed by atoms with Crippen LogP contribution in [0.4, 0.5) is 0 Å². The highest BCUT2D eigenvalue weighted by Crippen LogP contribution is 2.39. The van der Waals surface area contributed by atoms with E-state index in [1.165, 1.54) is 0 Å². The summed E-state index contributed by atoms with van der Waals surface area (Å²) in [6, 6.07) is 7.91. The Morgan fingerprint density at radius 2 is 2.12 bits per heavy atom. The number of fused-ring (bicyclic) bond motifs is 1. The lowest BCUT2D eigenvalue weighted by Gasteiger charge is -2.34. The maximum atomic E-state index is 11.3. The normalized spacial score (nSPS) is 27.6. The summed E-state index contributed by atoms with van der Waals surface area (Å²) in [5.74, 6) is -0.0263. The highest BCUT2D eigenvalue weighted by Gasteiger charge is 2.35. The molecule has 0 radical (unpaired) electrons. The number of aliphatic hydroxyl groups is 1. The molecular formula is C14H16O2. The van der Waals surface area contributed by atoms with Crippen LogP contribution in [0.5, 0.6) is 0 Å². The third-order valence-electron chi connectivity index (χ3n) is 3.17. The molecule has 0 fully saturated rings. The van der Waals surface area contributed by atoms with Crippen molar-refractivity contribution in [2.45, 2.75) is 31.8 Å². The largest absolute Gasteiger partial charge is 0.385 e. The molecule has 0 bridgehead atoms. The van der Waals surface area contributed by atoms with E-state index in [1.807, 2.05) is 30.3 Å². The van der Waals surface area contributed by atoms with Crippen molar-refractivity contribution in [1.82, 2.24) is 0 Å². The average molecular weight is 216 g/mol. The fourth-order valence-corrected chi connectivity index (χ4v) is 2.27. The van der Waals surface area contributed by atoms with E-state index in [1.54, 1.807) is 19.9 Å². The summed E-state index contributed by atoms with van der Waals surface area (Å²) in [5, 5.41) is 10.3. The van der Waals surface area contributed by atoms with Gasteiger partial charge in [0, 0.05) is 12.3 Å². The Balaban J connectivity index is 2.46. The van der Waals surface area contributed by atoms with Crippen LogP contribution in [0.1, 0.15) is 37.3 Å². The zero-order valence-corrected chi connectivity index (χ0v) is 9.60. The number of ketones is 1. The van der Waals surface area contributed by atoms with Gasteiger partial charge in [-0.05, 0) is 25.0 Å². The lowest BCUT2D eigenvalue weighted by atomic mass is 9.75. The fourth-order valence-electron chi connectivity index (χ4n) is 2.27. The average Bonchev–Trinajstić information content (AvgIpc) is 2.22. The van der Waals surface area contributed by atoms with Gasteiger partial charge in [0.05, 0.1) is 5.60 Å². The van der Waals surface area contributed by atoms with Crippen LogP contribution >= 0.6 is 0 Å². The Bertz CT molecular complexity index is 444. The predicted octanol–water partition coefficient (Wildman–Crippen LogP) is 2.53. The van der Waals surface area contributed by atoms with Gasteiger partial charge in [-0.2, -0.15) is 0 Å². The first-order valence-corrected chi connectivity index (χ1v) is 5.50. The molecule has 0 saturated heterocycles. The molecule has 0 amide bonds. The van der Waals surface area contributed by atoms with E-state index in [0.29, 0.717) is 6.42 Å². The highest BCUT2D eigenvalue weighted by molar-refractivity contribution is 5.77. The van der Waals surface area contributed by atoms with Crippen molar-refractivity contribution in [3.8, 4) is 0 Å². The zero-order valence-electron chi connectivity index (χ0n) is 9.60. The quantitative estimate of drug-likeness (QED) is 0.824. The Morgan fingerprint density at radius 3 is 2.81 bits per heavy atom. The lowest BCUT2D eigenvalue weighted by molar-refractivity contribution is -0.118. The Morgan fingerprint density at radius 1 is 1.44 bits per heavy atom. The van der Waals surface area contributed by atoms with E-state index in [0.717, 1.165) is 11.1 Å². The second-order valence-corrected chi connectivity index (χ2v) is 4.65. The Kier molecular flexibility index (Phi) is 2.68. The van der Waals surface area contributed by atoms with Gasteiger partial charge in [0.2, 0.25) is 0 Å². The number of Topliss-reactive ketones (excluding diaryl/α,β-unsaturated/α-hetero) is 1. The van der Waals surface area contributed by atoms with E-state index in [9.17, 15) is 9.90 Å². The summed E-state index contributed by atoms with van der Waals surface area (Å²) in [7, 11) is 0. The molecule has 2 unspecified atom stereocenters. The van der Waals surface area contributed by atoms with Crippen molar-refractivity contribution in [3.05, 3.63) is 41.5 Å². The molecule has 0 spiro atoms. The van der Waals surface area contributed by atoms with Gasteiger partial charge in [0.15, 0.2) is 0 Å². The molecule has 16 heavy (non-hydrogen) atoms. The number of benzene rings is 1. The lowest BCUT2D eigenvalue weighted by Crippen LogP contribution is -2.34. The van der Waals surface area contributed by atoms with Gasteiger partial charge in [-0.3, -0.25) is 0 Å². The van der Waals surface area contributed by atoms with Crippen LogP contribution in [0.25, 0.3) is 6.08 Å². The monoisotopic (exact) mass is 216 g/mol. The molecule has 1 aromatic rings. The third kappa shape index (κ3) is 1.93. The molecule has 1 aliphatic rings. The summed E-state index contributed by atoms with van der Waals surface area (Å²) in [4.78, 5) is 11.3. The predicted molar refractivity (Wildman–Crippen MR) is 64.1 cm³/mol. The van der Waals surface area contributed by atoms with E-state index < -0.39 is 5.60 Å². The van der Waals surface area contributed by atoms with E-state index in [-0.39, 0.29) is 11.7 Å². The third-order valence-corrected chi connectivity index (χ3v) is 3.17. The summed E-state index contributed by atoms with van der Waals surface area (Å²) < 4.78 is 0. The van der Waals surface area contributed by atoms with E-state index in [2.05, 4.69) is 0 Å². The van der Waals surface area contributed by atoms with E-state index >= 15 is 0 Å². The standard InChI is InChI=1S/C14H16O2/c1-10(15)9-13-12-6-4-3-5-11(12)7-8-14(13,2)16/h3-8,13,16H,9H2,1-2H3. The Labute approximate surface area is 95.6 Å². The van der Waals surface area contributed by atoms with Crippen LogP contribution in [-0.4, -0.2) is 16.5 Å². The molecule has 1 aliphatic carbocycles. The zero-order chi connectivity index (χ0) is 11.8. The molecule has 84 valence electrons. The van der Waals surface area contributed by atoms with Crippen molar-refractivity contribution < 1.29 is 9.90 Å². The van der Waals surface area contributed by atoms with Crippen LogP contribution < -0.4 is 0 Å². The number of hydrogen-bond acceptors (Lipinski definition) is 2. The van der Waals surface area contributed by atoms with Gasteiger partial charge in [-0.1, -0.05) is 36.4 Å². The maximum absolute atomic E-state index is 11.3. The van der Waals surface area contributed by atoms with Gasteiger partial charge >= 0.3 is 0 Å².